The van der Waals surface area contributed by atoms with Gasteiger partial charge in [0, 0.05) is 24.8 Å². The molecule has 1 unspecified atom stereocenters. The summed E-state index contributed by atoms with van der Waals surface area (Å²) in [6.07, 6.45) is 2.34. The van der Waals surface area contributed by atoms with Crippen molar-refractivity contribution in [2.24, 2.45) is 0 Å². The van der Waals surface area contributed by atoms with E-state index in [1.807, 2.05) is 6.07 Å². The molecule has 1 aliphatic heterocycles. The zero-order valence-electron chi connectivity index (χ0n) is 9.48. The van der Waals surface area contributed by atoms with Gasteiger partial charge in [0.1, 0.15) is 0 Å². The molecule has 1 fully saturated rings. The van der Waals surface area contributed by atoms with E-state index in [0.29, 0.717) is 6.04 Å². The van der Waals surface area contributed by atoms with E-state index in [1.165, 1.54) is 17.5 Å². The molecule has 1 atom stereocenters. The fourth-order valence-electron chi connectivity index (χ4n) is 2.93. The molecule has 1 aliphatic carbocycles. The third-order valence-corrected chi connectivity index (χ3v) is 3.76. The molecule has 2 N–H and O–H groups in total. The molecule has 0 bridgehead atoms. The van der Waals surface area contributed by atoms with Gasteiger partial charge in [-0.15, -0.1) is 0 Å². The quantitative estimate of drug-likeness (QED) is 0.727. The van der Waals surface area contributed by atoms with Gasteiger partial charge in [0.15, 0.2) is 0 Å². The molecule has 1 aromatic rings. The van der Waals surface area contributed by atoms with Crippen LogP contribution in [-0.2, 0) is 11.2 Å². The number of ether oxygens (including phenoxy) is 1. The summed E-state index contributed by atoms with van der Waals surface area (Å²) in [5, 5.41) is 0. The van der Waals surface area contributed by atoms with Crippen LogP contribution in [0, 0.1) is 0 Å². The Hall–Kier alpha value is -1.06. The van der Waals surface area contributed by atoms with Gasteiger partial charge in [0.05, 0.1) is 13.2 Å². The van der Waals surface area contributed by atoms with Crippen molar-refractivity contribution < 1.29 is 4.74 Å². The Morgan fingerprint density at radius 2 is 2.06 bits per heavy atom. The van der Waals surface area contributed by atoms with E-state index in [0.717, 1.165) is 38.4 Å². The standard InChI is InChI=1S/C13H18N2O/c14-12-3-1-2-11-10(12)4-5-13(11)15-6-8-16-9-7-15/h1-3,13H,4-9,14H2. The number of nitrogens with two attached hydrogens (primary N) is 1. The first-order valence-electron chi connectivity index (χ1n) is 6.05. The molecule has 0 aromatic heterocycles. The first kappa shape index (κ1) is 10.1. The van der Waals surface area contributed by atoms with Crippen molar-refractivity contribution >= 4 is 5.69 Å². The summed E-state index contributed by atoms with van der Waals surface area (Å²) in [4.78, 5) is 2.54. The van der Waals surface area contributed by atoms with Gasteiger partial charge in [-0.25, -0.2) is 0 Å². The number of benzene rings is 1. The second kappa shape index (κ2) is 4.07. The molecule has 1 aromatic carbocycles. The molecular weight excluding hydrogens is 200 g/mol. The largest absolute Gasteiger partial charge is 0.398 e. The Kier molecular flexibility index (Phi) is 2.58. The van der Waals surface area contributed by atoms with Crippen LogP contribution in [0.5, 0.6) is 0 Å². The molecule has 3 rings (SSSR count). The maximum absolute atomic E-state index is 6.02. The normalized spacial score (nSPS) is 25.6. The molecule has 0 saturated carbocycles. The number of nitrogen functional groups attached to an aromatic ring is 1. The number of nitrogens with zero attached hydrogens (tertiary/aromatic N) is 1. The van der Waals surface area contributed by atoms with Crippen LogP contribution >= 0.6 is 0 Å². The minimum absolute atomic E-state index is 0.572. The lowest BCUT2D eigenvalue weighted by Crippen LogP contribution is -2.38. The molecule has 0 spiro atoms. The van der Waals surface area contributed by atoms with Crippen LogP contribution in [0.3, 0.4) is 0 Å². The molecule has 0 radical (unpaired) electrons. The molecule has 86 valence electrons. The third kappa shape index (κ3) is 1.60. The third-order valence-electron chi connectivity index (χ3n) is 3.76. The van der Waals surface area contributed by atoms with Crippen molar-refractivity contribution in [2.45, 2.75) is 18.9 Å². The van der Waals surface area contributed by atoms with Crippen LogP contribution < -0.4 is 5.73 Å². The van der Waals surface area contributed by atoms with Crippen LogP contribution in [0.1, 0.15) is 23.6 Å². The second-order valence-corrected chi connectivity index (χ2v) is 4.62. The number of hydrogen-bond acceptors (Lipinski definition) is 3. The maximum atomic E-state index is 6.02. The van der Waals surface area contributed by atoms with Gasteiger partial charge in [-0.2, -0.15) is 0 Å². The van der Waals surface area contributed by atoms with Crippen molar-refractivity contribution in [3.8, 4) is 0 Å². The van der Waals surface area contributed by atoms with Gasteiger partial charge in [-0.05, 0) is 30.0 Å². The number of fused-ring (bicyclic) bond motifs is 1. The van der Waals surface area contributed by atoms with E-state index in [2.05, 4.69) is 17.0 Å². The molecule has 3 nitrogen and oxygen atoms in total. The van der Waals surface area contributed by atoms with Crippen LogP contribution in [0.15, 0.2) is 18.2 Å². The number of hydrogen-bond donors (Lipinski definition) is 1. The maximum Gasteiger partial charge on any atom is 0.0594 e. The SMILES string of the molecule is Nc1cccc2c1CCC2N1CCOCC1. The van der Waals surface area contributed by atoms with E-state index in [1.54, 1.807) is 0 Å². The molecule has 0 amide bonds. The Morgan fingerprint density at radius 1 is 1.25 bits per heavy atom. The van der Waals surface area contributed by atoms with Crippen LogP contribution in [0.2, 0.25) is 0 Å². The van der Waals surface area contributed by atoms with Crippen molar-refractivity contribution in [1.82, 2.24) is 4.90 Å². The van der Waals surface area contributed by atoms with Gasteiger partial charge in [-0.1, -0.05) is 12.1 Å². The summed E-state index contributed by atoms with van der Waals surface area (Å²) in [6, 6.07) is 6.90. The molecule has 1 saturated heterocycles. The lowest BCUT2D eigenvalue weighted by atomic mass is 10.1. The van der Waals surface area contributed by atoms with E-state index in [9.17, 15) is 0 Å². The average Bonchev–Trinajstić information content (AvgIpc) is 2.75. The molecule has 1 heterocycles. The fraction of sp³-hybridized carbons (Fsp3) is 0.538. The average molecular weight is 218 g/mol. The Labute approximate surface area is 96.2 Å². The first-order valence-corrected chi connectivity index (χ1v) is 6.05. The lowest BCUT2D eigenvalue weighted by Gasteiger charge is -2.32. The summed E-state index contributed by atoms with van der Waals surface area (Å²) >= 11 is 0. The van der Waals surface area contributed by atoms with Crippen molar-refractivity contribution in [2.75, 3.05) is 32.0 Å². The highest BCUT2D eigenvalue weighted by Crippen LogP contribution is 2.38. The van der Waals surface area contributed by atoms with Crippen LogP contribution in [0.25, 0.3) is 0 Å². The van der Waals surface area contributed by atoms with Gasteiger partial charge in [-0.3, -0.25) is 4.90 Å². The minimum atomic E-state index is 0.572. The molecule has 3 heteroatoms. The Balaban J connectivity index is 1.87. The number of anilines is 1. The molecule has 2 aliphatic rings. The summed E-state index contributed by atoms with van der Waals surface area (Å²) in [6.45, 7) is 3.85. The van der Waals surface area contributed by atoms with Crippen LogP contribution in [-0.4, -0.2) is 31.2 Å². The van der Waals surface area contributed by atoms with E-state index >= 15 is 0 Å². The predicted octanol–water partition coefficient (Wildman–Crippen LogP) is 1.59. The predicted molar refractivity (Wildman–Crippen MR) is 64.3 cm³/mol. The topological polar surface area (TPSA) is 38.5 Å². The zero-order valence-corrected chi connectivity index (χ0v) is 9.48. The molecular formula is C13H18N2O. The summed E-state index contributed by atoms with van der Waals surface area (Å²) in [7, 11) is 0. The summed E-state index contributed by atoms with van der Waals surface area (Å²) in [5.41, 5.74) is 9.81. The van der Waals surface area contributed by atoms with Crippen LogP contribution in [0.4, 0.5) is 5.69 Å². The fourth-order valence-corrected chi connectivity index (χ4v) is 2.93. The highest BCUT2D eigenvalue weighted by Gasteiger charge is 2.29. The Morgan fingerprint density at radius 3 is 2.88 bits per heavy atom. The highest BCUT2D eigenvalue weighted by atomic mass is 16.5. The van der Waals surface area contributed by atoms with Crippen molar-refractivity contribution in [1.29, 1.82) is 0 Å². The summed E-state index contributed by atoms with van der Waals surface area (Å²) < 4.78 is 5.40. The smallest absolute Gasteiger partial charge is 0.0594 e. The lowest BCUT2D eigenvalue weighted by molar-refractivity contribution is 0.0164. The summed E-state index contributed by atoms with van der Waals surface area (Å²) in [5.74, 6) is 0. The monoisotopic (exact) mass is 218 g/mol. The van der Waals surface area contributed by atoms with E-state index in [-0.39, 0.29) is 0 Å². The van der Waals surface area contributed by atoms with Gasteiger partial charge in [0.25, 0.3) is 0 Å². The number of morpholine rings is 1. The van der Waals surface area contributed by atoms with Gasteiger partial charge in [0.2, 0.25) is 0 Å². The van der Waals surface area contributed by atoms with Crippen molar-refractivity contribution in [3.63, 3.8) is 0 Å². The Bertz CT molecular complexity index is 386. The van der Waals surface area contributed by atoms with E-state index in [4.69, 9.17) is 10.5 Å². The second-order valence-electron chi connectivity index (χ2n) is 4.62. The zero-order chi connectivity index (χ0) is 11.0. The highest BCUT2D eigenvalue weighted by molar-refractivity contribution is 5.54. The minimum Gasteiger partial charge on any atom is -0.398 e. The first-order chi connectivity index (χ1) is 7.86. The molecule has 16 heavy (non-hydrogen) atoms. The van der Waals surface area contributed by atoms with Gasteiger partial charge < -0.3 is 10.5 Å². The van der Waals surface area contributed by atoms with Crippen molar-refractivity contribution in [3.05, 3.63) is 29.3 Å². The van der Waals surface area contributed by atoms with Gasteiger partial charge >= 0.3 is 0 Å². The van der Waals surface area contributed by atoms with E-state index < -0.39 is 0 Å². The number of rotatable bonds is 1.